The summed E-state index contributed by atoms with van der Waals surface area (Å²) in [6.07, 6.45) is 0. The normalized spacial score (nSPS) is 14.5. The van der Waals surface area contributed by atoms with E-state index in [2.05, 4.69) is 22.6 Å². The monoisotopic (exact) mass is 366 g/mol. The van der Waals surface area contributed by atoms with Crippen LogP contribution < -0.4 is 0 Å². The van der Waals surface area contributed by atoms with Gasteiger partial charge in [-0.1, -0.05) is 24.3 Å². The number of aliphatic imine (C=N–C) groups is 1. The number of nitrogens with zero attached hydrogens (tertiary/aromatic N) is 2. The first kappa shape index (κ1) is 15.1. The summed E-state index contributed by atoms with van der Waals surface area (Å²) in [4.78, 5) is 9.40. The Hall–Kier alpha value is -0.860. The molecule has 0 atom stereocenters. The van der Waals surface area contributed by atoms with Crippen molar-refractivity contribution in [2.45, 2.75) is 9.24 Å². The summed E-state index contributed by atoms with van der Waals surface area (Å²) in [5, 5.41) is 0. The van der Waals surface area contributed by atoms with Crippen molar-refractivity contribution < 1.29 is 0 Å². The first-order valence-electron chi connectivity index (χ1n) is 5.99. The van der Waals surface area contributed by atoms with Crippen LogP contribution in [0.15, 0.2) is 62.8 Å². The molecule has 0 spiro atoms. The van der Waals surface area contributed by atoms with Crippen LogP contribution in [0.1, 0.15) is 0 Å². The molecule has 2 nitrogen and oxygen atoms in total. The fraction of sp³-hybridized carbons (Fsp3) is 0. The van der Waals surface area contributed by atoms with E-state index < -0.39 is 7.15 Å². The Kier molecular flexibility index (Phi) is 4.37. The first-order valence-corrected chi connectivity index (χ1v) is 10.8. The molecule has 0 fully saturated rings. The lowest BCUT2D eigenvalue weighted by molar-refractivity contribution is 1.31. The maximum atomic E-state index is 5.21. The highest BCUT2D eigenvalue weighted by Gasteiger charge is 2.13. The van der Waals surface area contributed by atoms with E-state index in [0.29, 0.717) is 0 Å². The number of hydrogen-bond acceptors (Lipinski definition) is 6. The van der Waals surface area contributed by atoms with E-state index in [4.69, 9.17) is 22.4 Å². The highest BCUT2D eigenvalue weighted by molar-refractivity contribution is 8.62. The summed E-state index contributed by atoms with van der Waals surface area (Å²) in [5.41, 5.74) is 3.72. The Bertz CT molecular complexity index is 892. The van der Waals surface area contributed by atoms with Crippen LogP contribution >= 0.6 is 24.0 Å². The number of hydrogen-bond donors (Lipinski definition) is 1. The molecule has 0 N–H and O–H groups in total. The maximum Gasteiger partial charge on any atom is 0.148 e. The van der Waals surface area contributed by atoms with Gasteiger partial charge in [0.15, 0.2) is 0 Å². The largest absolute Gasteiger partial charge is 0.248 e. The molecule has 3 aromatic rings. The van der Waals surface area contributed by atoms with Crippen molar-refractivity contribution in [2.24, 2.45) is 4.99 Å². The Morgan fingerprint density at radius 3 is 2.48 bits per heavy atom. The molecule has 0 bridgehead atoms. The van der Waals surface area contributed by atoms with Crippen molar-refractivity contribution in [1.29, 1.82) is 0 Å². The summed E-state index contributed by atoms with van der Waals surface area (Å²) in [6.45, 7) is 0. The summed E-state index contributed by atoms with van der Waals surface area (Å²) in [7, 11) is -1.53. The zero-order valence-corrected chi connectivity index (χ0v) is 14.8. The van der Waals surface area contributed by atoms with Crippen molar-refractivity contribution >= 4 is 74.9 Å². The summed E-state index contributed by atoms with van der Waals surface area (Å²) < 4.78 is 2.04. The minimum Gasteiger partial charge on any atom is -0.248 e. The molecule has 0 aliphatic carbocycles. The Balaban J connectivity index is 0.000000126. The highest BCUT2D eigenvalue weighted by atomic mass is 33.1. The number of rotatable bonds is 0. The highest BCUT2D eigenvalue weighted by Crippen LogP contribution is 2.29. The molecule has 0 radical (unpaired) electrons. The molecule has 4 rings (SSSR count). The quantitative estimate of drug-likeness (QED) is 0.598. The van der Waals surface area contributed by atoms with Gasteiger partial charge in [-0.25, -0.2) is 9.98 Å². The van der Waals surface area contributed by atoms with E-state index in [9.17, 15) is 0 Å². The van der Waals surface area contributed by atoms with E-state index >= 15 is 0 Å². The van der Waals surface area contributed by atoms with Crippen LogP contribution in [0.5, 0.6) is 0 Å². The van der Waals surface area contributed by atoms with Crippen molar-refractivity contribution in [2.75, 3.05) is 0 Å². The Labute approximate surface area is 142 Å². The van der Waals surface area contributed by atoms with Crippen LogP contribution in [-0.2, 0) is 29.5 Å². The molecule has 1 aliphatic rings. The molecule has 7 heteroatoms. The van der Waals surface area contributed by atoms with Gasteiger partial charge in [-0.3, -0.25) is 0 Å². The number of thiol groups is 1. The van der Waals surface area contributed by atoms with Gasteiger partial charge in [-0.05, 0) is 53.8 Å². The molecule has 1 aliphatic heterocycles. The number of benzene rings is 2. The second-order valence-corrected chi connectivity index (χ2v) is 11.5. The van der Waals surface area contributed by atoms with Gasteiger partial charge in [-0.15, -0.1) is 24.0 Å². The third-order valence-electron chi connectivity index (χ3n) is 2.78. The molecule has 2 aromatic carbocycles. The van der Waals surface area contributed by atoms with Gasteiger partial charge in [-0.2, -0.15) is 0 Å². The summed E-state index contributed by atoms with van der Waals surface area (Å²) in [6, 6.07) is 15.8. The zero-order chi connectivity index (χ0) is 14.9. The van der Waals surface area contributed by atoms with Crippen molar-refractivity contribution in [3.8, 4) is 0 Å². The fourth-order valence-corrected chi connectivity index (χ4v) is 5.11. The van der Waals surface area contributed by atoms with Gasteiger partial charge in [0.2, 0.25) is 0 Å². The predicted molar refractivity (Wildman–Crippen MR) is 102 cm³/mol. The van der Waals surface area contributed by atoms with Crippen LogP contribution in [0.3, 0.4) is 0 Å². The molecule has 0 saturated carbocycles. The van der Waals surface area contributed by atoms with Crippen molar-refractivity contribution in [1.82, 2.24) is 4.98 Å². The lowest BCUT2D eigenvalue weighted by Gasteiger charge is -1.97. The van der Waals surface area contributed by atoms with Crippen molar-refractivity contribution in [3.05, 3.63) is 48.5 Å². The maximum absolute atomic E-state index is 5.21. The topological polar surface area (TPSA) is 25.2 Å². The van der Waals surface area contributed by atoms with E-state index in [1.807, 2.05) is 48.5 Å². The second-order valence-electron chi connectivity index (χ2n) is 4.21. The second kappa shape index (κ2) is 6.10. The van der Waals surface area contributed by atoms with E-state index in [-0.39, 0.29) is 0 Å². The van der Waals surface area contributed by atoms with Crippen molar-refractivity contribution in [3.63, 3.8) is 0 Å². The average Bonchev–Trinajstić information content (AvgIpc) is 2.99. The van der Waals surface area contributed by atoms with Gasteiger partial charge in [0.1, 0.15) is 4.34 Å². The SMILES string of the molecule is S=S1(=S)C=Nc2ccccc21.Sc1nc2ccccc2s1. The number of thiazole rings is 1. The van der Waals surface area contributed by atoms with E-state index in [1.165, 1.54) is 4.70 Å². The standard InChI is InChI=1S/C7H5NS3.C7H5NS2/c9-11(10)5-8-6-3-1-2-4-7(6)11;9-7-8-5-3-1-2-4-6(5)10-7/h1-5H;1-4H,(H,8,9). The minimum absolute atomic E-state index is 0.834. The van der Waals surface area contributed by atoms with Gasteiger partial charge in [0, 0.05) is 4.90 Å². The van der Waals surface area contributed by atoms with Crippen LogP contribution in [0.2, 0.25) is 0 Å². The molecule has 0 amide bonds. The zero-order valence-electron chi connectivity index (χ0n) is 10.7. The summed E-state index contributed by atoms with van der Waals surface area (Å²) >= 11 is 16.2. The molecule has 21 heavy (non-hydrogen) atoms. The van der Waals surface area contributed by atoms with Crippen LogP contribution in [-0.4, -0.2) is 10.5 Å². The predicted octanol–water partition coefficient (Wildman–Crippen LogP) is 4.38. The molecule has 0 saturated heterocycles. The van der Waals surface area contributed by atoms with Crippen LogP contribution in [0.25, 0.3) is 10.2 Å². The molecule has 106 valence electrons. The molecule has 2 heterocycles. The third-order valence-corrected chi connectivity index (χ3v) is 6.93. The number of aromatic nitrogens is 1. The van der Waals surface area contributed by atoms with Gasteiger partial charge >= 0.3 is 0 Å². The fourth-order valence-electron chi connectivity index (χ4n) is 1.85. The third kappa shape index (κ3) is 3.32. The Morgan fingerprint density at radius 2 is 1.71 bits per heavy atom. The molecule has 1 aromatic heterocycles. The van der Waals surface area contributed by atoms with Gasteiger partial charge in [0.25, 0.3) is 0 Å². The minimum atomic E-state index is -1.53. The van der Waals surface area contributed by atoms with Gasteiger partial charge < -0.3 is 0 Å². The molecular formula is C14H10N2S5. The number of para-hydroxylation sites is 2. The first-order chi connectivity index (χ1) is 10.1. The average molecular weight is 367 g/mol. The van der Waals surface area contributed by atoms with Crippen LogP contribution in [0.4, 0.5) is 5.69 Å². The van der Waals surface area contributed by atoms with Gasteiger partial charge in [0.05, 0.1) is 21.5 Å². The van der Waals surface area contributed by atoms with Crippen LogP contribution in [0, 0.1) is 0 Å². The molecular weight excluding hydrogens is 357 g/mol. The Morgan fingerprint density at radius 1 is 1.00 bits per heavy atom. The van der Waals surface area contributed by atoms with E-state index in [0.717, 1.165) is 20.4 Å². The summed E-state index contributed by atoms with van der Waals surface area (Å²) in [5.74, 6) is 0. The number of fused-ring (bicyclic) bond motifs is 2. The lowest BCUT2D eigenvalue weighted by Crippen LogP contribution is -1.90. The molecule has 0 unspecified atom stereocenters. The smallest absolute Gasteiger partial charge is 0.148 e. The lowest BCUT2D eigenvalue weighted by atomic mass is 10.3. The van der Waals surface area contributed by atoms with E-state index in [1.54, 1.807) is 16.9 Å².